The second-order valence-corrected chi connectivity index (χ2v) is 4.13. The minimum Gasteiger partial charge on any atom is -0.459 e. The minimum absolute atomic E-state index is 0.233. The third-order valence-electron chi connectivity index (χ3n) is 2.07. The summed E-state index contributed by atoms with van der Waals surface area (Å²) in [6, 6.07) is 0. The third kappa shape index (κ3) is 3.85. The normalized spacial score (nSPS) is 11.3. The van der Waals surface area contributed by atoms with Crippen LogP contribution in [0.5, 0.6) is 5.75 Å². The molecule has 0 aliphatic rings. The van der Waals surface area contributed by atoms with Gasteiger partial charge < -0.3 is 4.74 Å². The van der Waals surface area contributed by atoms with E-state index in [0.717, 1.165) is 12.7 Å². The lowest BCUT2D eigenvalue weighted by Crippen LogP contribution is -2.03. The highest BCUT2D eigenvalue weighted by Gasteiger charge is 2.27. The summed E-state index contributed by atoms with van der Waals surface area (Å²) in [6.07, 6.45) is 3.72. The van der Waals surface area contributed by atoms with Gasteiger partial charge in [-0.05, 0) is 12.5 Å². The van der Waals surface area contributed by atoms with Gasteiger partial charge in [0.15, 0.2) is 11.6 Å². The van der Waals surface area contributed by atoms with Crippen molar-refractivity contribution in [1.29, 1.82) is 0 Å². The third-order valence-corrected chi connectivity index (χ3v) is 2.72. The molecule has 0 atom stereocenters. The molecule has 1 aromatic carbocycles. The van der Waals surface area contributed by atoms with E-state index >= 15 is 0 Å². The maximum Gasteiger partial charge on any atom is 0.205 e. The maximum absolute atomic E-state index is 13.5. The van der Waals surface area contributed by atoms with Gasteiger partial charge in [0.25, 0.3) is 0 Å². The Labute approximate surface area is 116 Å². The van der Waals surface area contributed by atoms with Crippen molar-refractivity contribution in [2.24, 2.45) is 0 Å². The highest BCUT2D eigenvalue weighted by molar-refractivity contribution is 7.94. The summed E-state index contributed by atoms with van der Waals surface area (Å²) in [5.74, 6) is -8.13. The van der Waals surface area contributed by atoms with Gasteiger partial charge in [-0.2, -0.15) is 8.78 Å². The van der Waals surface area contributed by atoms with Crippen molar-refractivity contribution in [2.75, 3.05) is 0 Å². The van der Waals surface area contributed by atoms with Gasteiger partial charge >= 0.3 is 0 Å². The summed E-state index contributed by atoms with van der Waals surface area (Å²) < 4.78 is 62.3. The fourth-order valence-corrected chi connectivity index (χ4v) is 1.59. The number of rotatable bonds is 7. The summed E-state index contributed by atoms with van der Waals surface area (Å²) in [5, 5.41) is 11.0. The molecule has 0 saturated heterocycles. The molecule has 1 rings (SSSR count). The van der Waals surface area contributed by atoms with E-state index in [9.17, 15) is 17.6 Å². The number of halogens is 4. The Kier molecular flexibility index (Phi) is 6.79. The summed E-state index contributed by atoms with van der Waals surface area (Å²) in [4.78, 5) is -1.15. The Morgan fingerprint density at radius 1 is 1.10 bits per heavy atom. The predicted molar refractivity (Wildman–Crippen MR) is 61.6 cm³/mol. The van der Waals surface area contributed by atoms with E-state index in [4.69, 9.17) is 5.26 Å². The minimum atomic E-state index is -1.73. The smallest absolute Gasteiger partial charge is 0.205 e. The fraction of sp³-hybridized carbons (Fsp3) is 0.273. The Morgan fingerprint density at radius 2 is 1.70 bits per heavy atom. The van der Waals surface area contributed by atoms with Crippen molar-refractivity contribution < 1.29 is 36.9 Å². The molecule has 0 heterocycles. The number of unbranched alkanes of at least 4 members (excludes halogenated alkanes) is 1. The molecule has 0 amide bonds. The van der Waals surface area contributed by atoms with Crippen molar-refractivity contribution >= 4 is 12.0 Å². The van der Waals surface area contributed by atoms with Crippen LogP contribution in [0, 0.1) is 23.3 Å². The zero-order valence-corrected chi connectivity index (χ0v) is 11.0. The largest absolute Gasteiger partial charge is 0.459 e. The molecule has 0 unspecified atom stereocenters. The van der Waals surface area contributed by atoms with Gasteiger partial charge in [0.05, 0.1) is 18.3 Å². The molecule has 1 N–H and O–H groups in total. The molecular weight excluding hydrogens is 304 g/mol. The predicted octanol–water partition coefficient (Wildman–Crippen LogP) is 4.36. The zero-order valence-electron chi connectivity index (χ0n) is 10.2. The van der Waals surface area contributed by atoms with Gasteiger partial charge in [-0.25, -0.2) is 14.0 Å². The molecule has 0 bridgehead atoms. The maximum atomic E-state index is 13.5. The quantitative estimate of drug-likeness (QED) is 0.202. The van der Waals surface area contributed by atoms with Crippen LogP contribution >= 0.6 is 12.0 Å². The summed E-state index contributed by atoms with van der Waals surface area (Å²) in [7, 11) is 0. The summed E-state index contributed by atoms with van der Waals surface area (Å²) in [6.45, 7) is 1.86. The zero-order chi connectivity index (χ0) is 15.1. The van der Waals surface area contributed by atoms with Crippen LogP contribution < -0.4 is 4.74 Å². The molecule has 4 nitrogen and oxygen atoms in total. The molecule has 0 saturated carbocycles. The highest BCUT2D eigenvalue weighted by atomic mass is 32.2. The van der Waals surface area contributed by atoms with Gasteiger partial charge in [-0.15, -0.1) is 4.33 Å². The van der Waals surface area contributed by atoms with E-state index < -0.39 is 33.9 Å². The van der Waals surface area contributed by atoms with E-state index in [1.54, 1.807) is 0 Å². The molecular formula is C11H10F4O4S. The van der Waals surface area contributed by atoms with Crippen molar-refractivity contribution in [3.8, 4) is 5.75 Å². The Bertz CT molecular complexity index is 467. The molecule has 112 valence electrons. The monoisotopic (exact) mass is 314 g/mol. The average molecular weight is 314 g/mol. The van der Waals surface area contributed by atoms with Gasteiger partial charge in [-0.1, -0.05) is 18.4 Å². The number of hydrogen-bond acceptors (Lipinski definition) is 5. The van der Waals surface area contributed by atoms with Crippen LogP contribution in [0.15, 0.2) is 17.2 Å². The van der Waals surface area contributed by atoms with Gasteiger partial charge in [0.2, 0.25) is 17.4 Å². The second-order valence-electron chi connectivity index (χ2n) is 3.42. The fourth-order valence-electron chi connectivity index (χ4n) is 1.17. The van der Waals surface area contributed by atoms with E-state index in [2.05, 4.69) is 14.1 Å². The molecule has 0 aliphatic carbocycles. The first kappa shape index (κ1) is 16.8. The topological polar surface area (TPSA) is 47.9 Å². The van der Waals surface area contributed by atoms with Crippen molar-refractivity contribution in [1.82, 2.24) is 0 Å². The van der Waals surface area contributed by atoms with Crippen molar-refractivity contribution in [2.45, 2.75) is 24.7 Å². The molecule has 1 aromatic rings. The number of hydrogen-bond donors (Lipinski definition) is 1. The number of allylic oxidation sites excluding steroid dienone is 1. The van der Waals surface area contributed by atoms with E-state index in [-0.39, 0.29) is 12.0 Å². The van der Waals surface area contributed by atoms with Crippen LogP contribution in [0.3, 0.4) is 0 Å². The first-order chi connectivity index (χ1) is 9.54. The Balaban J connectivity index is 3.08. The van der Waals surface area contributed by atoms with Crippen LogP contribution in [0.1, 0.15) is 19.8 Å². The van der Waals surface area contributed by atoms with E-state index in [1.807, 2.05) is 6.92 Å². The average Bonchev–Trinajstić information content (AvgIpc) is 2.44. The highest BCUT2D eigenvalue weighted by Crippen LogP contribution is 2.35. The van der Waals surface area contributed by atoms with Crippen molar-refractivity contribution in [3.05, 3.63) is 35.6 Å². The lowest BCUT2D eigenvalue weighted by atomic mass is 10.3. The van der Waals surface area contributed by atoms with E-state index in [0.29, 0.717) is 6.42 Å². The molecule has 0 aliphatic heterocycles. The number of ether oxygens (including phenoxy) is 1. The Hall–Kier alpha value is -1.29. The van der Waals surface area contributed by atoms with E-state index in [1.165, 1.54) is 6.08 Å². The summed E-state index contributed by atoms with van der Waals surface area (Å²) >= 11 is -0.233. The van der Waals surface area contributed by atoms with Crippen LogP contribution in [0.4, 0.5) is 17.6 Å². The van der Waals surface area contributed by atoms with Gasteiger partial charge in [0, 0.05) is 0 Å². The van der Waals surface area contributed by atoms with Crippen LogP contribution in [0.2, 0.25) is 0 Å². The molecule has 0 radical (unpaired) electrons. The first-order valence-corrected chi connectivity index (χ1v) is 6.11. The van der Waals surface area contributed by atoms with Crippen molar-refractivity contribution in [3.63, 3.8) is 0 Å². The van der Waals surface area contributed by atoms with Crippen LogP contribution in [-0.4, -0.2) is 5.26 Å². The van der Waals surface area contributed by atoms with Gasteiger partial charge in [0.1, 0.15) is 4.90 Å². The molecule has 0 spiro atoms. The van der Waals surface area contributed by atoms with Gasteiger partial charge in [-0.3, -0.25) is 0 Å². The summed E-state index contributed by atoms with van der Waals surface area (Å²) in [5.41, 5.74) is 0. The lowest BCUT2D eigenvalue weighted by molar-refractivity contribution is -0.432. The van der Waals surface area contributed by atoms with Crippen LogP contribution in [-0.2, 0) is 9.37 Å². The lowest BCUT2D eigenvalue weighted by Gasteiger charge is -2.09. The molecule has 0 fully saturated rings. The number of benzene rings is 1. The standard InChI is InChI=1S/C11H10F4O4S/c1-2-3-4-5-17-10-6(12)8(14)11(20-19-18-16)9(15)7(10)13/h4-5,16H,2-3H2,1H3. The first-order valence-electron chi connectivity index (χ1n) is 5.36. The molecule has 20 heavy (non-hydrogen) atoms. The second kappa shape index (κ2) is 8.10. The Morgan fingerprint density at radius 3 is 2.20 bits per heavy atom. The molecule has 9 heteroatoms. The SMILES string of the molecule is CCCC=COc1c(F)c(F)c(SOOO)c(F)c1F. The van der Waals surface area contributed by atoms with Crippen LogP contribution in [0.25, 0.3) is 0 Å². The molecule has 0 aromatic heterocycles.